The Kier molecular flexibility index (Phi) is 8.16. The normalized spacial score (nSPS) is 22.6. The quantitative estimate of drug-likeness (QED) is 0.144. The van der Waals surface area contributed by atoms with E-state index in [1.165, 1.54) is 16.7 Å². The number of nitrogens with zero attached hydrogens (tertiary/aromatic N) is 2. The van der Waals surface area contributed by atoms with Crippen molar-refractivity contribution < 1.29 is 38.2 Å². The fourth-order valence-electron chi connectivity index (χ4n) is 4.10. The van der Waals surface area contributed by atoms with E-state index >= 15 is 0 Å². The van der Waals surface area contributed by atoms with Crippen LogP contribution < -0.4 is 10.7 Å². The molecule has 12 nitrogen and oxygen atoms in total. The van der Waals surface area contributed by atoms with Crippen molar-refractivity contribution in [2.45, 2.75) is 62.9 Å². The molecule has 0 saturated carbocycles. The van der Waals surface area contributed by atoms with E-state index in [0.717, 1.165) is 5.01 Å². The van der Waals surface area contributed by atoms with Gasteiger partial charge in [0.25, 0.3) is 0 Å². The Morgan fingerprint density at radius 3 is 2.38 bits per heavy atom. The lowest BCUT2D eigenvalue weighted by atomic mass is 9.95. The maximum absolute atomic E-state index is 13.2. The molecule has 0 spiro atoms. The third-order valence-electron chi connectivity index (χ3n) is 5.92. The molecule has 4 amide bonds. The Balaban J connectivity index is 1.71. The van der Waals surface area contributed by atoms with Gasteiger partial charge in [-0.15, -0.1) is 11.8 Å². The molecule has 0 radical (unpaired) electrons. The van der Waals surface area contributed by atoms with Crippen molar-refractivity contribution >= 4 is 48.3 Å². The molecule has 0 aromatic heterocycles. The number of fused-ring (bicyclic) bond motifs is 1. The van der Waals surface area contributed by atoms with E-state index < -0.39 is 64.2 Å². The molecule has 2 heterocycles. The third-order valence-corrected chi connectivity index (χ3v) is 7.49. The first kappa shape index (κ1) is 28.0. The zero-order valence-electron chi connectivity index (χ0n) is 21.1. The molecule has 2 saturated heterocycles. The van der Waals surface area contributed by atoms with Crippen molar-refractivity contribution in [3.8, 4) is 0 Å². The molecule has 13 heteroatoms. The van der Waals surface area contributed by atoms with Gasteiger partial charge in [-0.05, 0) is 40.2 Å². The number of hydrogen-bond acceptors (Lipinski definition) is 9. The van der Waals surface area contributed by atoms with Crippen LogP contribution in [0.25, 0.3) is 0 Å². The van der Waals surface area contributed by atoms with Crippen LogP contribution in [0.5, 0.6) is 0 Å². The number of β-lactam (4-membered cyclic amide) rings is 1. The van der Waals surface area contributed by atoms with Crippen LogP contribution >= 0.6 is 11.8 Å². The highest BCUT2D eigenvalue weighted by Gasteiger charge is 2.64. The molecule has 37 heavy (non-hydrogen) atoms. The van der Waals surface area contributed by atoms with Crippen LogP contribution in [-0.2, 0) is 38.2 Å². The number of ether oxygens (including phenoxy) is 2. The molecule has 4 atom stereocenters. The number of hydrogen-bond donors (Lipinski definition) is 2. The van der Waals surface area contributed by atoms with Gasteiger partial charge in [0.05, 0.1) is 5.41 Å². The molecular formula is C24H30N4O8S. The van der Waals surface area contributed by atoms with Gasteiger partial charge in [-0.2, -0.15) is 0 Å². The second-order valence-corrected chi connectivity index (χ2v) is 11.9. The van der Waals surface area contributed by atoms with E-state index in [2.05, 4.69) is 10.7 Å². The SMILES string of the molecule is CC(C)(C)C(=O)OCOC(=O)[C@@H]1N2C(=O)[C@H](NC(=O)[C@@H](c3ccccc3)N(C=O)NC=O)[C@H]2SC1(C)C. The van der Waals surface area contributed by atoms with Gasteiger partial charge in [0.15, 0.2) is 6.04 Å². The van der Waals surface area contributed by atoms with Gasteiger partial charge in [0, 0.05) is 4.75 Å². The van der Waals surface area contributed by atoms with Crippen molar-refractivity contribution in [2.75, 3.05) is 6.79 Å². The standard InChI is InChI=1S/C24H30N4O8S/c1-23(2,3)22(34)36-13-35-21(33)17-24(4,5)37-20-15(19(32)28(17)20)26-18(31)16(27(12-30)25-11-29)14-9-7-6-8-10-14/h6-12,15-17,20H,13H2,1-5H3,(H,25,29)(H,26,31)/t15-,16+,17-,20+/m0/s1. The maximum Gasteiger partial charge on any atom is 0.333 e. The Morgan fingerprint density at radius 2 is 1.81 bits per heavy atom. The molecule has 2 fully saturated rings. The van der Waals surface area contributed by atoms with Crippen LogP contribution in [0.1, 0.15) is 46.2 Å². The zero-order chi connectivity index (χ0) is 27.5. The van der Waals surface area contributed by atoms with E-state index in [9.17, 15) is 28.8 Å². The first-order valence-electron chi connectivity index (χ1n) is 11.5. The van der Waals surface area contributed by atoms with Gasteiger partial charge >= 0.3 is 11.9 Å². The molecule has 0 unspecified atom stereocenters. The second-order valence-electron chi connectivity index (χ2n) is 10.1. The molecule has 0 bridgehead atoms. The van der Waals surface area contributed by atoms with E-state index in [-0.39, 0.29) is 6.41 Å². The number of nitrogens with one attached hydrogen (secondary N) is 2. The fourth-order valence-corrected chi connectivity index (χ4v) is 5.72. The van der Waals surface area contributed by atoms with Crippen molar-refractivity contribution in [3.05, 3.63) is 35.9 Å². The van der Waals surface area contributed by atoms with Crippen LogP contribution in [0, 0.1) is 5.41 Å². The highest BCUT2D eigenvalue weighted by molar-refractivity contribution is 8.01. The summed E-state index contributed by atoms with van der Waals surface area (Å²) in [6, 6.07) is 5.10. The number of amides is 4. The summed E-state index contributed by atoms with van der Waals surface area (Å²) in [5, 5.41) is 2.88. The monoisotopic (exact) mass is 534 g/mol. The van der Waals surface area contributed by atoms with Crippen LogP contribution in [0.3, 0.4) is 0 Å². The molecule has 200 valence electrons. The summed E-state index contributed by atoms with van der Waals surface area (Å²) in [4.78, 5) is 75.0. The van der Waals surface area contributed by atoms with E-state index in [1.807, 2.05) is 0 Å². The molecule has 2 aliphatic rings. The topological polar surface area (TPSA) is 151 Å². The van der Waals surface area contributed by atoms with Crippen molar-refractivity contribution in [2.24, 2.45) is 5.41 Å². The van der Waals surface area contributed by atoms with Gasteiger partial charge in [-0.3, -0.25) is 29.4 Å². The number of carbonyl (C=O) groups excluding carboxylic acids is 6. The smallest absolute Gasteiger partial charge is 0.333 e. The molecule has 1 aromatic carbocycles. The van der Waals surface area contributed by atoms with E-state index in [1.54, 1.807) is 65.0 Å². The first-order chi connectivity index (χ1) is 17.3. The number of carbonyl (C=O) groups is 6. The number of hydrazine groups is 1. The lowest BCUT2D eigenvalue weighted by Crippen LogP contribution is -2.71. The van der Waals surface area contributed by atoms with Crippen molar-refractivity contribution in [1.82, 2.24) is 20.7 Å². The summed E-state index contributed by atoms with van der Waals surface area (Å²) in [5.41, 5.74) is 1.82. The van der Waals surface area contributed by atoms with Crippen LogP contribution in [0.4, 0.5) is 0 Å². The lowest BCUT2D eigenvalue weighted by Gasteiger charge is -2.44. The largest absolute Gasteiger partial charge is 0.427 e. The highest BCUT2D eigenvalue weighted by atomic mass is 32.2. The Hall–Kier alpha value is -3.61. The second kappa shape index (κ2) is 10.8. The lowest BCUT2D eigenvalue weighted by molar-refractivity contribution is -0.180. The molecule has 0 aliphatic carbocycles. The van der Waals surface area contributed by atoms with Crippen LogP contribution in [-0.4, -0.2) is 75.5 Å². The number of esters is 2. The molecule has 1 aromatic rings. The van der Waals surface area contributed by atoms with E-state index in [4.69, 9.17) is 9.47 Å². The molecular weight excluding hydrogens is 504 g/mol. The number of thioether (sulfide) groups is 1. The molecule has 3 rings (SSSR count). The summed E-state index contributed by atoms with van der Waals surface area (Å²) in [7, 11) is 0. The van der Waals surface area contributed by atoms with Gasteiger partial charge in [0.2, 0.25) is 31.4 Å². The Bertz CT molecular complexity index is 1070. The summed E-state index contributed by atoms with van der Waals surface area (Å²) in [5.74, 6) is -2.46. The first-order valence-corrected chi connectivity index (χ1v) is 12.3. The molecule has 2 N–H and O–H groups in total. The predicted octanol–water partition coefficient (Wildman–Crippen LogP) is 0.484. The zero-order valence-corrected chi connectivity index (χ0v) is 21.9. The minimum Gasteiger partial charge on any atom is -0.427 e. The van der Waals surface area contributed by atoms with Crippen molar-refractivity contribution in [1.29, 1.82) is 0 Å². The number of rotatable bonds is 10. The third kappa shape index (κ3) is 5.71. The summed E-state index contributed by atoms with van der Waals surface area (Å²) < 4.78 is 9.38. The predicted molar refractivity (Wildman–Crippen MR) is 131 cm³/mol. The summed E-state index contributed by atoms with van der Waals surface area (Å²) in [6.45, 7) is 7.95. The van der Waals surface area contributed by atoms with Gasteiger partial charge in [-0.1, -0.05) is 30.3 Å². The minimum atomic E-state index is -1.23. The highest BCUT2D eigenvalue weighted by Crippen LogP contribution is 2.51. The van der Waals surface area contributed by atoms with Gasteiger partial charge in [0.1, 0.15) is 17.5 Å². The van der Waals surface area contributed by atoms with Crippen molar-refractivity contribution in [3.63, 3.8) is 0 Å². The Labute approximate surface area is 218 Å². The molecule has 2 aliphatic heterocycles. The fraction of sp³-hybridized carbons (Fsp3) is 0.500. The number of benzene rings is 1. The minimum absolute atomic E-state index is 0.262. The maximum atomic E-state index is 13.2. The van der Waals surface area contributed by atoms with Gasteiger partial charge < -0.3 is 19.7 Å². The average Bonchev–Trinajstić information content (AvgIpc) is 3.09. The van der Waals surface area contributed by atoms with Crippen LogP contribution in [0.15, 0.2) is 30.3 Å². The summed E-state index contributed by atoms with van der Waals surface area (Å²) >= 11 is 1.31. The summed E-state index contributed by atoms with van der Waals surface area (Å²) in [6.07, 6.45) is 0.560. The van der Waals surface area contributed by atoms with E-state index in [0.29, 0.717) is 12.0 Å². The van der Waals surface area contributed by atoms with Gasteiger partial charge in [-0.25, -0.2) is 9.80 Å². The van der Waals surface area contributed by atoms with Crippen LogP contribution in [0.2, 0.25) is 0 Å². The average molecular weight is 535 g/mol. The Morgan fingerprint density at radius 1 is 1.16 bits per heavy atom.